The minimum Gasteiger partial charge on any atom is -0.359 e. The second kappa shape index (κ2) is 5.18. The van der Waals surface area contributed by atoms with Crippen LogP contribution in [0.2, 0.25) is 0 Å². The predicted octanol–water partition coefficient (Wildman–Crippen LogP) is 3.22. The number of nitrogens with two attached hydrogens (primary N) is 1. The van der Waals surface area contributed by atoms with Gasteiger partial charge in [-0.1, -0.05) is 18.2 Å². The number of pyridine rings is 1. The molecule has 1 fully saturated rings. The average Bonchev–Trinajstić information content (AvgIpc) is 3.27. The number of para-hydroxylation sites is 1. The number of hydrogen-bond acceptors (Lipinski definition) is 3. The molecule has 3 rings (SSSR count). The Kier molecular flexibility index (Phi) is 3.49. The number of halogens is 3. The van der Waals surface area contributed by atoms with Crippen molar-refractivity contribution in [2.75, 3.05) is 11.4 Å². The monoisotopic (exact) mass is 295 g/mol. The van der Waals surface area contributed by atoms with Gasteiger partial charge in [0, 0.05) is 23.7 Å². The van der Waals surface area contributed by atoms with Crippen LogP contribution in [0.5, 0.6) is 0 Å². The van der Waals surface area contributed by atoms with E-state index in [0.717, 1.165) is 18.2 Å². The molecule has 112 valence electrons. The van der Waals surface area contributed by atoms with E-state index >= 15 is 0 Å². The van der Waals surface area contributed by atoms with Crippen LogP contribution in [0.3, 0.4) is 0 Å². The number of aromatic nitrogens is 1. The van der Waals surface area contributed by atoms with E-state index in [1.165, 1.54) is 4.90 Å². The molecule has 0 atom stereocenters. The first-order valence-corrected chi connectivity index (χ1v) is 6.90. The Balaban J connectivity index is 2.11. The molecule has 0 radical (unpaired) electrons. The highest BCUT2D eigenvalue weighted by Gasteiger charge is 2.38. The molecule has 2 aromatic rings. The summed E-state index contributed by atoms with van der Waals surface area (Å²) in [5.41, 5.74) is 7.50. The second-order valence-electron chi connectivity index (χ2n) is 5.33. The lowest BCUT2D eigenvalue weighted by atomic mass is 10.1. The van der Waals surface area contributed by atoms with Gasteiger partial charge in [0.25, 0.3) is 0 Å². The molecule has 1 aliphatic rings. The zero-order valence-electron chi connectivity index (χ0n) is 11.4. The summed E-state index contributed by atoms with van der Waals surface area (Å²) in [7, 11) is 0. The van der Waals surface area contributed by atoms with Crippen LogP contribution in [-0.2, 0) is 6.54 Å². The average molecular weight is 295 g/mol. The number of rotatable bonds is 4. The molecule has 1 heterocycles. The molecule has 0 amide bonds. The quantitative estimate of drug-likeness (QED) is 0.941. The minimum absolute atomic E-state index is 0.0388. The van der Waals surface area contributed by atoms with Crippen LogP contribution in [0.25, 0.3) is 10.9 Å². The number of nitrogens with zero attached hydrogens (tertiary/aromatic N) is 2. The molecule has 0 unspecified atom stereocenters. The van der Waals surface area contributed by atoms with E-state index in [9.17, 15) is 13.2 Å². The Hall–Kier alpha value is -1.82. The Bertz CT molecular complexity index is 650. The van der Waals surface area contributed by atoms with Crippen molar-refractivity contribution in [3.05, 3.63) is 36.0 Å². The van der Waals surface area contributed by atoms with Crippen molar-refractivity contribution in [3.8, 4) is 0 Å². The van der Waals surface area contributed by atoms with Gasteiger partial charge < -0.3 is 10.6 Å². The Morgan fingerprint density at radius 1 is 1.24 bits per heavy atom. The molecule has 1 aromatic heterocycles. The van der Waals surface area contributed by atoms with Gasteiger partial charge in [0.1, 0.15) is 6.54 Å². The van der Waals surface area contributed by atoms with Gasteiger partial charge in [0.05, 0.1) is 11.2 Å². The third-order valence-corrected chi connectivity index (χ3v) is 3.60. The van der Waals surface area contributed by atoms with Gasteiger partial charge in [-0.3, -0.25) is 4.98 Å². The molecular formula is C15H16F3N3. The lowest BCUT2D eigenvalue weighted by Crippen LogP contribution is -2.36. The summed E-state index contributed by atoms with van der Waals surface area (Å²) in [4.78, 5) is 5.83. The molecule has 1 aromatic carbocycles. The van der Waals surface area contributed by atoms with E-state index < -0.39 is 12.7 Å². The SMILES string of the molecule is NCc1cc(N(CC(F)(F)F)C2CC2)c2ccccc2n1. The highest BCUT2D eigenvalue weighted by molar-refractivity contribution is 5.92. The van der Waals surface area contributed by atoms with Gasteiger partial charge in [-0.25, -0.2) is 0 Å². The van der Waals surface area contributed by atoms with Crippen molar-refractivity contribution in [2.45, 2.75) is 31.6 Å². The van der Waals surface area contributed by atoms with Gasteiger partial charge in [0.15, 0.2) is 0 Å². The van der Waals surface area contributed by atoms with Crippen LogP contribution in [-0.4, -0.2) is 23.7 Å². The fraction of sp³-hybridized carbons (Fsp3) is 0.400. The van der Waals surface area contributed by atoms with E-state index in [4.69, 9.17) is 5.73 Å². The Morgan fingerprint density at radius 3 is 2.57 bits per heavy atom. The minimum atomic E-state index is -4.23. The Labute approximate surface area is 120 Å². The molecule has 1 aliphatic carbocycles. The van der Waals surface area contributed by atoms with Crippen molar-refractivity contribution >= 4 is 16.6 Å². The summed E-state index contributed by atoms with van der Waals surface area (Å²) >= 11 is 0. The molecular weight excluding hydrogens is 279 g/mol. The molecule has 2 N–H and O–H groups in total. The fourth-order valence-corrected chi connectivity index (χ4v) is 2.54. The van der Waals surface area contributed by atoms with Crippen LogP contribution in [0.15, 0.2) is 30.3 Å². The van der Waals surface area contributed by atoms with Crippen molar-refractivity contribution in [1.29, 1.82) is 0 Å². The highest BCUT2D eigenvalue weighted by Crippen LogP contribution is 2.37. The molecule has 0 bridgehead atoms. The number of anilines is 1. The van der Waals surface area contributed by atoms with Gasteiger partial charge in [-0.05, 0) is 25.0 Å². The van der Waals surface area contributed by atoms with Crippen molar-refractivity contribution < 1.29 is 13.2 Å². The van der Waals surface area contributed by atoms with Crippen LogP contribution >= 0.6 is 0 Å². The van der Waals surface area contributed by atoms with Crippen LogP contribution in [0.4, 0.5) is 18.9 Å². The van der Waals surface area contributed by atoms with E-state index in [-0.39, 0.29) is 12.6 Å². The summed E-state index contributed by atoms with van der Waals surface area (Å²) in [5, 5.41) is 0.742. The lowest BCUT2D eigenvalue weighted by Gasteiger charge is -2.27. The second-order valence-corrected chi connectivity index (χ2v) is 5.33. The van der Waals surface area contributed by atoms with Gasteiger partial charge in [-0.2, -0.15) is 13.2 Å². The van der Waals surface area contributed by atoms with Crippen LogP contribution in [0.1, 0.15) is 18.5 Å². The molecule has 6 heteroatoms. The fourth-order valence-electron chi connectivity index (χ4n) is 2.54. The molecule has 21 heavy (non-hydrogen) atoms. The summed E-state index contributed by atoms with van der Waals surface area (Å²) in [6, 6.07) is 8.90. The summed E-state index contributed by atoms with van der Waals surface area (Å²) < 4.78 is 38.6. The summed E-state index contributed by atoms with van der Waals surface area (Å²) in [6.45, 7) is -0.724. The largest absolute Gasteiger partial charge is 0.405 e. The third kappa shape index (κ3) is 3.10. The predicted molar refractivity (Wildman–Crippen MR) is 76.1 cm³/mol. The van der Waals surface area contributed by atoms with Crippen LogP contribution < -0.4 is 10.6 Å². The zero-order valence-corrected chi connectivity index (χ0v) is 11.4. The molecule has 1 saturated carbocycles. The first kappa shape index (κ1) is 14.1. The lowest BCUT2D eigenvalue weighted by molar-refractivity contribution is -0.119. The molecule has 3 nitrogen and oxygen atoms in total. The maximum atomic E-state index is 12.9. The first-order valence-electron chi connectivity index (χ1n) is 6.90. The number of benzene rings is 1. The summed E-state index contributed by atoms with van der Waals surface area (Å²) in [6.07, 6.45) is -2.63. The highest BCUT2D eigenvalue weighted by atomic mass is 19.4. The van der Waals surface area contributed by atoms with Gasteiger partial charge in [-0.15, -0.1) is 0 Å². The van der Waals surface area contributed by atoms with Gasteiger partial charge in [0.2, 0.25) is 0 Å². The normalized spacial score (nSPS) is 15.4. The van der Waals surface area contributed by atoms with Crippen molar-refractivity contribution in [2.24, 2.45) is 5.73 Å². The number of alkyl halides is 3. The molecule has 0 aliphatic heterocycles. The van der Waals surface area contributed by atoms with Crippen molar-refractivity contribution in [1.82, 2.24) is 4.98 Å². The maximum absolute atomic E-state index is 12.9. The summed E-state index contributed by atoms with van der Waals surface area (Å²) in [5.74, 6) is 0. The van der Waals surface area contributed by atoms with Crippen LogP contribution in [0, 0.1) is 0 Å². The van der Waals surface area contributed by atoms with E-state index in [0.29, 0.717) is 16.9 Å². The van der Waals surface area contributed by atoms with Crippen molar-refractivity contribution in [3.63, 3.8) is 0 Å². The molecule has 0 spiro atoms. The number of fused-ring (bicyclic) bond motifs is 1. The smallest absolute Gasteiger partial charge is 0.359 e. The number of hydrogen-bond donors (Lipinski definition) is 1. The van der Waals surface area contributed by atoms with Gasteiger partial charge >= 0.3 is 6.18 Å². The first-order chi connectivity index (χ1) is 9.98. The maximum Gasteiger partial charge on any atom is 0.405 e. The standard InChI is InChI=1S/C15H16F3N3/c16-15(17,18)9-21(11-5-6-11)14-7-10(8-19)20-13-4-2-1-3-12(13)14/h1-4,7,11H,5-6,8-9,19H2. The van der Waals surface area contributed by atoms with E-state index in [1.54, 1.807) is 12.1 Å². The third-order valence-electron chi connectivity index (χ3n) is 3.60. The Morgan fingerprint density at radius 2 is 1.95 bits per heavy atom. The molecule has 0 saturated heterocycles. The van der Waals surface area contributed by atoms with E-state index in [2.05, 4.69) is 4.98 Å². The van der Waals surface area contributed by atoms with E-state index in [1.807, 2.05) is 18.2 Å². The zero-order chi connectivity index (χ0) is 15.0. The topological polar surface area (TPSA) is 42.1 Å².